The number of rotatable bonds is 5. The van der Waals surface area contributed by atoms with E-state index in [-0.39, 0.29) is 5.82 Å². The average Bonchev–Trinajstić information content (AvgIpc) is 2.93. The van der Waals surface area contributed by atoms with Gasteiger partial charge < -0.3 is 20.7 Å². The van der Waals surface area contributed by atoms with Gasteiger partial charge in [-0.15, -0.1) is 0 Å². The second-order valence-electron chi connectivity index (χ2n) is 4.57. The molecule has 7 nitrogen and oxygen atoms in total. The molecule has 1 aromatic rings. The van der Waals surface area contributed by atoms with Crippen LogP contribution < -0.4 is 10.6 Å². The van der Waals surface area contributed by atoms with Crippen LogP contribution in [0.5, 0.6) is 0 Å². The molecule has 100 valence electrons. The number of hydrogen-bond acceptors (Lipinski definition) is 5. The molecule has 0 radical (unpaired) electrons. The van der Waals surface area contributed by atoms with Crippen molar-refractivity contribution in [2.24, 2.45) is 5.92 Å². The second-order valence-corrected chi connectivity index (χ2v) is 4.57. The Morgan fingerprint density at radius 2 is 2.44 bits per heavy atom. The fourth-order valence-corrected chi connectivity index (χ4v) is 2.37. The molecular weight excluding hydrogens is 234 g/mol. The van der Waals surface area contributed by atoms with E-state index in [1.54, 1.807) is 6.92 Å². The van der Waals surface area contributed by atoms with Crippen molar-refractivity contribution in [1.29, 1.82) is 0 Å². The summed E-state index contributed by atoms with van der Waals surface area (Å²) >= 11 is 0. The van der Waals surface area contributed by atoms with Crippen molar-refractivity contribution >= 4 is 11.6 Å². The first-order valence-electron chi connectivity index (χ1n) is 6.29. The van der Waals surface area contributed by atoms with Crippen LogP contribution in [0.2, 0.25) is 0 Å². The fraction of sp³-hybridized carbons (Fsp3) is 0.727. The molecule has 18 heavy (non-hydrogen) atoms. The number of aromatic nitrogens is 2. The van der Waals surface area contributed by atoms with Crippen LogP contribution in [-0.2, 0) is 6.54 Å². The lowest BCUT2D eigenvalue weighted by atomic mass is 10.1. The number of imidazole rings is 1. The number of aryl methyl sites for hydroxylation is 1. The highest BCUT2D eigenvalue weighted by atomic mass is 16.6. The van der Waals surface area contributed by atoms with Gasteiger partial charge in [-0.05, 0) is 42.3 Å². The third-order valence-electron chi connectivity index (χ3n) is 3.35. The van der Waals surface area contributed by atoms with Gasteiger partial charge in [0, 0.05) is 20.0 Å². The standard InChI is InChI=1S/C11H19N5O2/c1-3-15-8(2)14-11(16(17)18)10(15)13-7-9-4-5-12-6-9/h9,12-13H,3-7H2,1-2H3. The van der Waals surface area contributed by atoms with Gasteiger partial charge in [0.15, 0.2) is 0 Å². The zero-order valence-electron chi connectivity index (χ0n) is 10.8. The number of nitrogens with zero attached hydrogens (tertiary/aromatic N) is 3. The van der Waals surface area contributed by atoms with Crippen LogP contribution in [0.3, 0.4) is 0 Å². The van der Waals surface area contributed by atoms with Gasteiger partial charge in [-0.1, -0.05) is 0 Å². The Morgan fingerprint density at radius 3 is 3.00 bits per heavy atom. The summed E-state index contributed by atoms with van der Waals surface area (Å²) in [6.45, 7) is 7.18. The van der Waals surface area contributed by atoms with Gasteiger partial charge in [0.2, 0.25) is 11.6 Å². The first-order chi connectivity index (χ1) is 8.63. The lowest BCUT2D eigenvalue weighted by Crippen LogP contribution is -2.19. The van der Waals surface area contributed by atoms with E-state index in [0.29, 0.717) is 24.1 Å². The van der Waals surface area contributed by atoms with Gasteiger partial charge in [-0.3, -0.25) is 4.57 Å². The molecule has 1 aliphatic rings. The van der Waals surface area contributed by atoms with Crippen LogP contribution in [-0.4, -0.2) is 34.1 Å². The van der Waals surface area contributed by atoms with E-state index in [1.807, 2.05) is 11.5 Å². The zero-order valence-corrected chi connectivity index (χ0v) is 10.8. The maximum atomic E-state index is 11.0. The molecule has 1 atom stereocenters. The minimum Gasteiger partial charge on any atom is -0.364 e. The van der Waals surface area contributed by atoms with Crippen LogP contribution in [0.1, 0.15) is 19.2 Å². The average molecular weight is 253 g/mol. The Hall–Kier alpha value is -1.63. The van der Waals surface area contributed by atoms with Crippen LogP contribution in [0.15, 0.2) is 0 Å². The van der Waals surface area contributed by atoms with Crippen LogP contribution in [0, 0.1) is 23.0 Å². The number of anilines is 1. The van der Waals surface area contributed by atoms with Crippen LogP contribution >= 0.6 is 0 Å². The molecule has 1 aliphatic heterocycles. The first-order valence-corrected chi connectivity index (χ1v) is 6.29. The Balaban J connectivity index is 2.15. The van der Waals surface area contributed by atoms with Crippen molar-refractivity contribution in [3.05, 3.63) is 15.9 Å². The Kier molecular flexibility index (Phi) is 3.81. The van der Waals surface area contributed by atoms with Crippen molar-refractivity contribution < 1.29 is 4.92 Å². The zero-order chi connectivity index (χ0) is 13.1. The second kappa shape index (κ2) is 5.34. The van der Waals surface area contributed by atoms with E-state index in [0.717, 1.165) is 26.1 Å². The third kappa shape index (κ3) is 2.45. The predicted octanol–water partition coefficient (Wildman–Crippen LogP) is 1.14. The minimum absolute atomic E-state index is 0.0692. The highest BCUT2D eigenvalue weighted by molar-refractivity contribution is 5.53. The van der Waals surface area contributed by atoms with E-state index in [4.69, 9.17) is 0 Å². The maximum Gasteiger partial charge on any atom is 0.406 e. The topological polar surface area (TPSA) is 85.0 Å². The molecule has 0 saturated carbocycles. The largest absolute Gasteiger partial charge is 0.406 e. The number of hydrogen-bond donors (Lipinski definition) is 2. The Morgan fingerprint density at radius 1 is 1.67 bits per heavy atom. The minimum atomic E-state index is -0.422. The van der Waals surface area contributed by atoms with Crippen molar-refractivity contribution in [3.63, 3.8) is 0 Å². The van der Waals surface area contributed by atoms with Crippen molar-refractivity contribution in [1.82, 2.24) is 14.9 Å². The summed E-state index contributed by atoms with van der Waals surface area (Å²) in [5.41, 5.74) is 0. The van der Waals surface area contributed by atoms with Gasteiger partial charge in [-0.2, -0.15) is 0 Å². The summed E-state index contributed by atoms with van der Waals surface area (Å²) in [4.78, 5) is 14.6. The summed E-state index contributed by atoms with van der Waals surface area (Å²) < 4.78 is 1.85. The predicted molar refractivity (Wildman–Crippen MR) is 68.8 cm³/mol. The highest BCUT2D eigenvalue weighted by Gasteiger charge is 2.25. The van der Waals surface area contributed by atoms with E-state index in [9.17, 15) is 10.1 Å². The van der Waals surface area contributed by atoms with Gasteiger partial charge in [-0.25, -0.2) is 0 Å². The summed E-state index contributed by atoms with van der Waals surface area (Å²) in [7, 11) is 0. The molecule has 0 aliphatic carbocycles. The summed E-state index contributed by atoms with van der Waals surface area (Å²) in [6.07, 6.45) is 1.11. The molecule has 1 aromatic heterocycles. The van der Waals surface area contributed by atoms with Crippen LogP contribution in [0.4, 0.5) is 11.6 Å². The summed E-state index contributed by atoms with van der Waals surface area (Å²) in [5.74, 6) is 1.67. The van der Waals surface area contributed by atoms with Gasteiger partial charge >= 0.3 is 5.82 Å². The number of nitrogens with one attached hydrogen (secondary N) is 2. The lowest BCUT2D eigenvalue weighted by Gasteiger charge is -2.12. The smallest absolute Gasteiger partial charge is 0.364 e. The first kappa shape index (κ1) is 12.8. The lowest BCUT2D eigenvalue weighted by molar-refractivity contribution is -0.388. The quantitative estimate of drug-likeness (QED) is 0.607. The van der Waals surface area contributed by atoms with Crippen LogP contribution in [0.25, 0.3) is 0 Å². The van der Waals surface area contributed by atoms with E-state index >= 15 is 0 Å². The van der Waals surface area contributed by atoms with Crippen molar-refractivity contribution in [2.75, 3.05) is 25.0 Å². The Labute approximate surface area is 106 Å². The summed E-state index contributed by atoms with van der Waals surface area (Å²) in [5, 5.41) is 17.5. The molecule has 7 heteroatoms. The molecule has 2 N–H and O–H groups in total. The molecule has 2 rings (SSSR count). The maximum absolute atomic E-state index is 11.0. The van der Waals surface area contributed by atoms with Gasteiger partial charge in [0.1, 0.15) is 0 Å². The fourth-order valence-electron chi connectivity index (χ4n) is 2.37. The van der Waals surface area contributed by atoms with Crippen molar-refractivity contribution in [2.45, 2.75) is 26.8 Å². The molecular formula is C11H19N5O2. The number of nitro groups is 1. The molecule has 2 heterocycles. The monoisotopic (exact) mass is 253 g/mol. The van der Waals surface area contributed by atoms with E-state index < -0.39 is 4.92 Å². The molecule has 0 amide bonds. The van der Waals surface area contributed by atoms with Crippen molar-refractivity contribution in [3.8, 4) is 0 Å². The normalized spacial score (nSPS) is 19.1. The molecule has 0 aromatic carbocycles. The third-order valence-corrected chi connectivity index (χ3v) is 3.35. The highest BCUT2D eigenvalue weighted by Crippen LogP contribution is 2.25. The molecule has 1 unspecified atom stereocenters. The van der Waals surface area contributed by atoms with E-state index in [2.05, 4.69) is 15.6 Å². The van der Waals surface area contributed by atoms with Gasteiger partial charge in [0.25, 0.3) is 0 Å². The molecule has 0 bridgehead atoms. The molecule has 1 saturated heterocycles. The summed E-state index contributed by atoms with van der Waals surface area (Å²) in [6, 6.07) is 0. The SMILES string of the molecule is CCn1c(C)nc([N+](=O)[O-])c1NCC1CCNC1. The molecule has 1 fully saturated rings. The Bertz CT molecular complexity index is 437. The van der Waals surface area contributed by atoms with E-state index in [1.165, 1.54) is 0 Å². The molecule has 0 spiro atoms. The van der Waals surface area contributed by atoms with Gasteiger partial charge in [0.05, 0.1) is 0 Å².